The van der Waals surface area contributed by atoms with Gasteiger partial charge in [-0.25, -0.2) is 0 Å². The molecule has 2 aromatic rings. The fourth-order valence-corrected chi connectivity index (χ4v) is 3.07. The van der Waals surface area contributed by atoms with Crippen LogP contribution in [0, 0.1) is 0 Å². The largest absolute Gasteiger partial charge is 0.316 e. The highest BCUT2D eigenvalue weighted by Gasteiger charge is 2.20. The van der Waals surface area contributed by atoms with Gasteiger partial charge in [0.1, 0.15) is 0 Å². The fourth-order valence-electron chi connectivity index (χ4n) is 2.94. The monoisotopic (exact) mass is 318 g/mol. The molecule has 3 rings (SSSR count). The molecule has 1 aliphatic heterocycles. The number of hydrogen-bond donors (Lipinski definition) is 1. The molecule has 4 nitrogen and oxygen atoms in total. The zero-order valence-electron chi connectivity index (χ0n) is 13.3. The van der Waals surface area contributed by atoms with E-state index in [-0.39, 0.29) is 0 Å². The summed E-state index contributed by atoms with van der Waals surface area (Å²) in [6.45, 7) is 3.93. The Labute approximate surface area is 137 Å². The highest BCUT2D eigenvalue weighted by molar-refractivity contribution is 6.30. The molecule has 1 aliphatic rings. The van der Waals surface area contributed by atoms with Crippen LogP contribution in [0.2, 0.25) is 5.02 Å². The van der Waals surface area contributed by atoms with E-state index in [0.717, 1.165) is 44.0 Å². The summed E-state index contributed by atoms with van der Waals surface area (Å²) in [6, 6.07) is 8.12. The van der Waals surface area contributed by atoms with Gasteiger partial charge in [-0.3, -0.25) is 4.68 Å². The number of fused-ring (bicyclic) bond motifs is 1. The van der Waals surface area contributed by atoms with Crippen LogP contribution in [0.3, 0.4) is 0 Å². The lowest BCUT2D eigenvalue weighted by Crippen LogP contribution is -2.20. The maximum Gasteiger partial charge on any atom is 0.0718 e. The van der Waals surface area contributed by atoms with Gasteiger partial charge >= 0.3 is 0 Å². The van der Waals surface area contributed by atoms with Gasteiger partial charge in [-0.15, -0.1) is 0 Å². The Morgan fingerprint density at radius 2 is 1.91 bits per heavy atom. The van der Waals surface area contributed by atoms with Gasteiger partial charge in [0.2, 0.25) is 0 Å². The maximum atomic E-state index is 6.05. The summed E-state index contributed by atoms with van der Waals surface area (Å²) >= 11 is 6.05. The quantitative estimate of drug-likeness (QED) is 0.940. The van der Waals surface area contributed by atoms with E-state index < -0.39 is 0 Å². The van der Waals surface area contributed by atoms with Crippen LogP contribution in [0.4, 0.5) is 0 Å². The molecular formula is C17H23ClN4. The van der Waals surface area contributed by atoms with Gasteiger partial charge in [-0.05, 0) is 39.2 Å². The van der Waals surface area contributed by atoms with Gasteiger partial charge in [-0.1, -0.05) is 23.7 Å². The molecule has 0 radical (unpaired) electrons. The molecule has 0 bridgehead atoms. The minimum absolute atomic E-state index is 0.774. The van der Waals surface area contributed by atoms with Crippen LogP contribution < -0.4 is 5.32 Å². The molecule has 0 saturated heterocycles. The molecule has 22 heavy (non-hydrogen) atoms. The van der Waals surface area contributed by atoms with Gasteiger partial charge in [0.15, 0.2) is 0 Å². The number of hydrogen-bond acceptors (Lipinski definition) is 3. The third-order valence-corrected chi connectivity index (χ3v) is 4.35. The van der Waals surface area contributed by atoms with Crippen molar-refractivity contribution in [1.82, 2.24) is 20.0 Å². The lowest BCUT2D eigenvalue weighted by Gasteiger charge is -2.13. The van der Waals surface area contributed by atoms with Crippen molar-refractivity contribution in [3.63, 3.8) is 0 Å². The van der Waals surface area contributed by atoms with E-state index >= 15 is 0 Å². The van der Waals surface area contributed by atoms with Crippen LogP contribution in [0.1, 0.15) is 11.3 Å². The fraction of sp³-hybridized carbons (Fsp3) is 0.471. The first-order valence-electron chi connectivity index (χ1n) is 7.85. The molecule has 0 amide bonds. The molecule has 2 heterocycles. The van der Waals surface area contributed by atoms with Gasteiger partial charge in [0, 0.05) is 35.7 Å². The summed E-state index contributed by atoms with van der Waals surface area (Å²) in [7, 11) is 4.20. The van der Waals surface area contributed by atoms with E-state index in [1.165, 1.54) is 22.5 Å². The Kier molecular flexibility index (Phi) is 4.81. The molecule has 0 aliphatic carbocycles. The van der Waals surface area contributed by atoms with E-state index in [0.29, 0.717) is 0 Å². The Morgan fingerprint density at radius 1 is 1.18 bits per heavy atom. The van der Waals surface area contributed by atoms with Crippen LogP contribution in [-0.2, 0) is 19.4 Å². The summed E-state index contributed by atoms with van der Waals surface area (Å²) in [5.74, 6) is 0. The average molecular weight is 319 g/mol. The van der Waals surface area contributed by atoms with Crippen molar-refractivity contribution in [1.29, 1.82) is 0 Å². The van der Waals surface area contributed by atoms with E-state index in [1.807, 2.05) is 12.1 Å². The molecule has 0 saturated carbocycles. The molecule has 1 aromatic heterocycles. The first-order chi connectivity index (χ1) is 10.6. The van der Waals surface area contributed by atoms with Gasteiger partial charge in [-0.2, -0.15) is 5.10 Å². The van der Waals surface area contributed by atoms with Gasteiger partial charge in [0.05, 0.1) is 17.9 Å². The standard InChI is InChI=1S/C17H23ClN4/c1-21(2)11-12-22-17(13-3-5-14(18)6-4-13)15-7-9-19-10-8-16(15)20-22/h3-6,19H,7-12H2,1-2H3. The second kappa shape index (κ2) is 6.82. The number of aromatic nitrogens is 2. The number of rotatable bonds is 4. The van der Waals surface area contributed by atoms with Crippen molar-refractivity contribution < 1.29 is 0 Å². The predicted molar refractivity (Wildman–Crippen MR) is 91.5 cm³/mol. The SMILES string of the molecule is CN(C)CCn1nc2c(c1-c1ccc(Cl)cc1)CCNCC2. The minimum atomic E-state index is 0.774. The van der Waals surface area contributed by atoms with E-state index in [4.69, 9.17) is 16.7 Å². The van der Waals surface area contributed by atoms with Crippen molar-refractivity contribution in [2.75, 3.05) is 33.7 Å². The third-order valence-electron chi connectivity index (χ3n) is 4.10. The van der Waals surface area contributed by atoms with Crippen LogP contribution in [-0.4, -0.2) is 48.4 Å². The molecule has 0 unspecified atom stereocenters. The molecule has 0 fully saturated rings. The number of likely N-dealkylation sites (N-methyl/N-ethyl adjacent to an activating group) is 1. The Morgan fingerprint density at radius 3 is 2.64 bits per heavy atom. The van der Waals surface area contributed by atoms with Crippen molar-refractivity contribution in [2.45, 2.75) is 19.4 Å². The maximum absolute atomic E-state index is 6.05. The lowest BCUT2D eigenvalue weighted by molar-refractivity contribution is 0.373. The Balaban J connectivity index is 2.03. The van der Waals surface area contributed by atoms with Gasteiger partial charge in [0.25, 0.3) is 0 Å². The van der Waals surface area contributed by atoms with Crippen LogP contribution >= 0.6 is 11.6 Å². The first-order valence-corrected chi connectivity index (χ1v) is 8.23. The van der Waals surface area contributed by atoms with Crippen molar-refractivity contribution in [2.24, 2.45) is 0 Å². The third kappa shape index (κ3) is 3.35. The van der Waals surface area contributed by atoms with Crippen LogP contribution in [0.15, 0.2) is 24.3 Å². The van der Waals surface area contributed by atoms with E-state index in [1.54, 1.807) is 0 Å². The molecule has 0 atom stereocenters. The molecular weight excluding hydrogens is 296 g/mol. The van der Waals surface area contributed by atoms with E-state index in [9.17, 15) is 0 Å². The number of nitrogens with one attached hydrogen (secondary N) is 1. The number of benzene rings is 1. The molecule has 1 N–H and O–H groups in total. The van der Waals surface area contributed by atoms with Crippen molar-refractivity contribution in [3.8, 4) is 11.3 Å². The summed E-state index contributed by atoms with van der Waals surface area (Å²) in [5, 5.41) is 9.13. The second-order valence-electron chi connectivity index (χ2n) is 6.06. The normalized spacial score (nSPS) is 14.9. The van der Waals surface area contributed by atoms with Crippen molar-refractivity contribution in [3.05, 3.63) is 40.5 Å². The van der Waals surface area contributed by atoms with Crippen LogP contribution in [0.25, 0.3) is 11.3 Å². The van der Waals surface area contributed by atoms with Gasteiger partial charge < -0.3 is 10.2 Å². The highest BCUT2D eigenvalue weighted by Crippen LogP contribution is 2.29. The molecule has 1 aromatic carbocycles. The zero-order valence-corrected chi connectivity index (χ0v) is 14.0. The predicted octanol–water partition coefficient (Wildman–Crippen LogP) is 2.45. The second-order valence-corrected chi connectivity index (χ2v) is 6.49. The molecule has 5 heteroatoms. The first kappa shape index (κ1) is 15.5. The summed E-state index contributed by atoms with van der Waals surface area (Å²) in [6.07, 6.45) is 2.04. The summed E-state index contributed by atoms with van der Waals surface area (Å²) in [5.41, 5.74) is 5.11. The lowest BCUT2D eigenvalue weighted by atomic mass is 10.0. The summed E-state index contributed by atoms with van der Waals surface area (Å²) < 4.78 is 2.18. The smallest absolute Gasteiger partial charge is 0.0718 e. The van der Waals surface area contributed by atoms with Crippen LogP contribution in [0.5, 0.6) is 0 Å². The topological polar surface area (TPSA) is 33.1 Å². The molecule has 118 valence electrons. The number of halogens is 1. The zero-order chi connectivity index (χ0) is 15.5. The Bertz CT molecular complexity index is 631. The Hall–Kier alpha value is -1.36. The average Bonchev–Trinajstić information content (AvgIpc) is 2.68. The summed E-state index contributed by atoms with van der Waals surface area (Å²) in [4.78, 5) is 2.19. The van der Waals surface area contributed by atoms with Crippen molar-refractivity contribution >= 4 is 11.6 Å². The van der Waals surface area contributed by atoms with E-state index in [2.05, 4.69) is 41.1 Å². The minimum Gasteiger partial charge on any atom is -0.316 e. The highest BCUT2D eigenvalue weighted by atomic mass is 35.5. The molecule has 0 spiro atoms. The number of nitrogens with zero attached hydrogens (tertiary/aromatic N) is 3.